The van der Waals surface area contributed by atoms with E-state index < -0.39 is 0 Å². The summed E-state index contributed by atoms with van der Waals surface area (Å²) in [4.78, 5) is 2.20. The molecular weight excluding hydrogens is 222 g/mol. The molecule has 1 aromatic carbocycles. The van der Waals surface area contributed by atoms with Gasteiger partial charge in [-0.05, 0) is 64.1 Å². The second-order valence-electron chi connectivity index (χ2n) is 5.46. The Kier molecular flexibility index (Phi) is 5.02. The predicted molar refractivity (Wildman–Crippen MR) is 78.0 cm³/mol. The largest absolute Gasteiger partial charge is 0.382 e. The third-order valence-electron chi connectivity index (χ3n) is 3.37. The lowest BCUT2D eigenvalue weighted by atomic mass is 10.1. The predicted octanol–water partition coefficient (Wildman–Crippen LogP) is 2.30. The summed E-state index contributed by atoms with van der Waals surface area (Å²) in [5, 5.41) is 7.13. The van der Waals surface area contributed by atoms with Gasteiger partial charge in [-0.1, -0.05) is 12.1 Å². The van der Waals surface area contributed by atoms with E-state index in [0.717, 1.165) is 13.1 Å². The van der Waals surface area contributed by atoms with Gasteiger partial charge >= 0.3 is 0 Å². The molecule has 1 fully saturated rings. The lowest BCUT2D eigenvalue weighted by Gasteiger charge is -2.18. The number of benzene rings is 1. The molecule has 0 aliphatic carbocycles. The number of nitrogens with one attached hydrogen (secondary N) is 2. The van der Waals surface area contributed by atoms with Crippen LogP contribution in [0.15, 0.2) is 24.3 Å². The average molecular weight is 247 g/mol. The minimum absolute atomic E-state index is 0.620. The Morgan fingerprint density at radius 3 is 3.00 bits per heavy atom. The fourth-order valence-electron chi connectivity index (χ4n) is 2.52. The van der Waals surface area contributed by atoms with Crippen molar-refractivity contribution in [3.8, 4) is 0 Å². The van der Waals surface area contributed by atoms with Crippen LogP contribution in [0.4, 0.5) is 5.69 Å². The lowest BCUT2D eigenvalue weighted by Crippen LogP contribution is -2.21. The summed E-state index contributed by atoms with van der Waals surface area (Å²) in [6.45, 7) is 3.30. The van der Waals surface area contributed by atoms with Crippen molar-refractivity contribution in [2.75, 3.05) is 32.5 Å². The minimum Gasteiger partial charge on any atom is -0.382 e. The normalized spacial score (nSPS) is 20.7. The summed E-state index contributed by atoms with van der Waals surface area (Å²) in [5.41, 5.74) is 2.64. The Balaban J connectivity index is 1.95. The van der Waals surface area contributed by atoms with Crippen LogP contribution in [0.1, 0.15) is 24.8 Å². The molecule has 18 heavy (non-hydrogen) atoms. The summed E-state index contributed by atoms with van der Waals surface area (Å²) in [6.07, 6.45) is 3.76. The summed E-state index contributed by atoms with van der Waals surface area (Å²) in [6, 6.07) is 9.42. The van der Waals surface area contributed by atoms with Crippen LogP contribution in [0.5, 0.6) is 0 Å². The van der Waals surface area contributed by atoms with Crippen LogP contribution >= 0.6 is 0 Å². The zero-order valence-corrected chi connectivity index (χ0v) is 11.6. The minimum atomic E-state index is 0.620. The second kappa shape index (κ2) is 6.76. The van der Waals surface area contributed by atoms with Crippen LogP contribution in [0.3, 0.4) is 0 Å². The van der Waals surface area contributed by atoms with Gasteiger partial charge in [0.1, 0.15) is 0 Å². The van der Waals surface area contributed by atoms with Crippen molar-refractivity contribution in [3.63, 3.8) is 0 Å². The molecule has 1 heterocycles. The van der Waals surface area contributed by atoms with Gasteiger partial charge in [0, 0.05) is 18.3 Å². The van der Waals surface area contributed by atoms with Gasteiger partial charge in [-0.15, -0.1) is 0 Å². The monoisotopic (exact) mass is 247 g/mol. The van der Waals surface area contributed by atoms with Gasteiger partial charge in [-0.3, -0.25) is 0 Å². The fourth-order valence-corrected chi connectivity index (χ4v) is 2.52. The van der Waals surface area contributed by atoms with Gasteiger partial charge in [0.05, 0.1) is 0 Å². The summed E-state index contributed by atoms with van der Waals surface area (Å²) in [7, 11) is 4.22. The third kappa shape index (κ3) is 4.31. The van der Waals surface area contributed by atoms with Crippen molar-refractivity contribution < 1.29 is 0 Å². The molecule has 1 aliphatic heterocycles. The summed E-state index contributed by atoms with van der Waals surface area (Å²) >= 11 is 0. The quantitative estimate of drug-likeness (QED) is 0.855. The third-order valence-corrected chi connectivity index (χ3v) is 3.37. The Bertz CT molecular complexity index is 355. The number of nitrogens with zero attached hydrogens (tertiary/aromatic N) is 1. The molecule has 1 aromatic rings. The maximum absolute atomic E-state index is 3.68. The zero-order chi connectivity index (χ0) is 12.8. The van der Waals surface area contributed by atoms with Crippen LogP contribution < -0.4 is 10.6 Å². The molecule has 0 bridgehead atoms. The molecule has 1 atom stereocenters. The van der Waals surface area contributed by atoms with E-state index in [1.165, 1.54) is 37.1 Å². The van der Waals surface area contributed by atoms with Crippen LogP contribution in [0.25, 0.3) is 0 Å². The molecule has 1 unspecified atom stereocenters. The molecular formula is C15H25N3. The van der Waals surface area contributed by atoms with Crippen LogP contribution in [-0.2, 0) is 6.54 Å². The standard InChI is InChI=1S/C15H25N3/c1-18(2)12-13-5-3-6-15(11-13)17-14-7-4-9-16-10-8-14/h3,5-6,11,14,16-17H,4,7-10,12H2,1-2H3. The van der Waals surface area contributed by atoms with E-state index in [1.807, 2.05) is 0 Å². The molecule has 0 aromatic heterocycles. The first-order chi connectivity index (χ1) is 8.74. The van der Waals surface area contributed by atoms with E-state index >= 15 is 0 Å². The van der Waals surface area contributed by atoms with Crippen molar-refractivity contribution in [1.29, 1.82) is 0 Å². The van der Waals surface area contributed by atoms with E-state index in [-0.39, 0.29) is 0 Å². The van der Waals surface area contributed by atoms with Gasteiger partial charge in [-0.2, -0.15) is 0 Å². The molecule has 0 amide bonds. The topological polar surface area (TPSA) is 27.3 Å². The molecule has 1 aliphatic rings. The molecule has 0 spiro atoms. The number of rotatable bonds is 4. The van der Waals surface area contributed by atoms with Gasteiger partial charge in [0.25, 0.3) is 0 Å². The Hall–Kier alpha value is -1.06. The first-order valence-electron chi connectivity index (χ1n) is 6.95. The van der Waals surface area contributed by atoms with Crippen LogP contribution in [-0.4, -0.2) is 38.1 Å². The highest BCUT2D eigenvalue weighted by atomic mass is 15.0. The zero-order valence-electron chi connectivity index (χ0n) is 11.6. The van der Waals surface area contributed by atoms with E-state index in [1.54, 1.807) is 0 Å². The van der Waals surface area contributed by atoms with Gasteiger partial charge in [-0.25, -0.2) is 0 Å². The van der Waals surface area contributed by atoms with E-state index in [0.29, 0.717) is 6.04 Å². The molecule has 1 saturated heterocycles. The number of hydrogen-bond donors (Lipinski definition) is 2. The summed E-state index contributed by atoms with van der Waals surface area (Å²) < 4.78 is 0. The van der Waals surface area contributed by atoms with Crippen molar-refractivity contribution in [3.05, 3.63) is 29.8 Å². The number of hydrogen-bond acceptors (Lipinski definition) is 3. The molecule has 3 heteroatoms. The molecule has 0 saturated carbocycles. The van der Waals surface area contributed by atoms with E-state index in [9.17, 15) is 0 Å². The van der Waals surface area contributed by atoms with Crippen molar-refractivity contribution >= 4 is 5.69 Å². The second-order valence-corrected chi connectivity index (χ2v) is 5.46. The first-order valence-corrected chi connectivity index (χ1v) is 6.95. The Morgan fingerprint density at radius 1 is 1.28 bits per heavy atom. The van der Waals surface area contributed by atoms with E-state index in [4.69, 9.17) is 0 Å². The lowest BCUT2D eigenvalue weighted by molar-refractivity contribution is 0.402. The highest BCUT2D eigenvalue weighted by molar-refractivity contribution is 5.46. The van der Waals surface area contributed by atoms with Crippen molar-refractivity contribution in [2.45, 2.75) is 31.8 Å². The van der Waals surface area contributed by atoms with Crippen molar-refractivity contribution in [2.24, 2.45) is 0 Å². The Labute approximate surface area is 111 Å². The SMILES string of the molecule is CN(C)Cc1cccc(NC2CCCNCC2)c1. The van der Waals surface area contributed by atoms with Gasteiger partial charge in [0.2, 0.25) is 0 Å². The highest BCUT2D eigenvalue weighted by Gasteiger charge is 2.11. The first kappa shape index (κ1) is 13.4. The van der Waals surface area contributed by atoms with E-state index in [2.05, 4.69) is 53.9 Å². The Morgan fingerprint density at radius 2 is 2.17 bits per heavy atom. The van der Waals surface area contributed by atoms with Gasteiger partial charge < -0.3 is 15.5 Å². The maximum atomic E-state index is 3.68. The highest BCUT2D eigenvalue weighted by Crippen LogP contribution is 2.16. The number of anilines is 1. The molecule has 2 N–H and O–H groups in total. The molecule has 3 nitrogen and oxygen atoms in total. The fraction of sp³-hybridized carbons (Fsp3) is 0.600. The molecule has 2 rings (SSSR count). The van der Waals surface area contributed by atoms with Gasteiger partial charge in [0.15, 0.2) is 0 Å². The average Bonchev–Trinajstić information content (AvgIpc) is 2.57. The molecule has 100 valence electrons. The molecule has 0 radical (unpaired) electrons. The summed E-state index contributed by atoms with van der Waals surface area (Å²) in [5.74, 6) is 0. The van der Waals surface area contributed by atoms with Crippen LogP contribution in [0.2, 0.25) is 0 Å². The van der Waals surface area contributed by atoms with Crippen molar-refractivity contribution in [1.82, 2.24) is 10.2 Å². The maximum Gasteiger partial charge on any atom is 0.0345 e. The smallest absolute Gasteiger partial charge is 0.0345 e. The van der Waals surface area contributed by atoms with Crippen LogP contribution in [0, 0.1) is 0 Å².